The summed E-state index contributed by atoms with van der Waals surface area (Å²) in [5.41, 5.74) is 10.7. The number of aromatic nitrogens is 2. The van der Waals surface area contributed by atoms with Crippen LogP contribution in [0.15, 0.2) is 59.1 Å². The zero-order chi connectivity index (χ0) is 18.4. The molecule has 0 bridgehead atoms. The summed E-state index contributed by atoms with van der Waals surface area (Å²) in [6.45, 7) is 0.594. The lowest BCUT2D eigenvalue weighted by Gasteiger charge is -2.18. The summed E-state index contributed by atoms with van der Waals surface area (Å²) in [5.74, 6) is 0.467. The molecule has 3 aliphatic heterocycles. The number of allylic oxidation sites excluding steroid dienone is 2. The minimum atomic E-state index is -0.00235. The fourth-order valence-corrected chi connectivity index (χ4v) is 3.93. The van der Waals surface area contributed by atoms with E-state index in [4.69, 9.17) is 5.73 Å². The Balaban J connectivity index is 1.33. The monoisotopic (exact) mass is 379 g/mol. The number of hydrazone groups is 1. The number of hydrogen-bond donors (Lipinski definition) is 3. The minimum Gasteiger partial charge on any atom is -0.382 e. The van der Waals surface area contributed by atoms with Crippen molar-refractivity contribution in [1.29, 1.82) is 0 Å². The van der Waals surface area contributed by atoms with E-state index in [1.54, 1.807) is 5.01 Å². The molecule has 5 rings (SSSR count). The van der Waals surface area contributed by atoms with Gasteiger partial charge in [0, 0.05) is 24.2 Å². The smallest absolute Gasteiger partial charge is 0.247 e. The molecule has 1 aromatic carbocycles. The van der Waals surface area contributed by atoms with Crippen molar-refractivity contribution in [1.82, 2.24) is 24.2 Å². The van der Waals surface area contributed by atoms with Gasteiger partial charge in [-0.05, 0) is 35.4 Å². The standard InChI is InChI=1S/C18H17N7OS/c19-18-14-9-12(1-2-16(14)21-22-18)15-4-5-24(23-15)17(26)8-11-3-6-25-13(7-11)10-20-27-25/h1-3,6-7,9-10,20H,4-5,8H2,(H3,19,21,22). The van der Waals surface area contributed by atoms with Crippen LogP contribution in [-0.4, -0.2) is 37.7 Å². The van der Waals surface area contributed by atoms with Crippen molar-refractivity contribution in [3.8, 4) is 0 Å². The molecule has 4 N–H and O–H groups in total. The van der Waals surface area contributed by atoms with Gasteiger partial charge in [-0.2, -0.15) is 10.2 Å². The molecule has 27 heavy (non-hydrogen) atoms. The largest absolute Gasteiger partial charge is 0.382 e. The Labute approximate surface area is 159 Å². The van der Waals surface area contributed by atoms with Crippen molar-refractivity contribution in [3.05, 3.63) is 59.6 Å². The maximum Gasteiger partial charge on any atom is 0.247 e. The highest BCUT2D eigenvalue weighted by Crippen LogP contribution is 2.29. The number of nitrogens with zero attached hydrogens (tertiary/aromatic N) is 4. The summed E-state index contributed by atoms with van der Waals surface area (Å²) in [5, 5.41) is 13.9. The first kappa shape index (κ1) is 16.0. The number of anilines is 1. The van der Waals surface area contributed by atoms with Crippen molar-refractivity contribution in [2.24, 2.45) is 5.10 Å². The van der Waals surface area contributed by atoms with Crippen LogP contribution in [0.2, 0.25) is 0 Å². The van der Waals surface area contributed by atoms with E-state index < -0.39 is 0 Å². The third-order valence-electron chi connectivity index (χ3n) is 4.74. The molecule has 0 fully saturated rings. The third kappa shape index (κ3) is 2.85. The lowest BCUT2D eigenvalue weighted by atomic mass is 10.1. The fraction of sp³-hybridized carbons (Fsp3) is 0.167. The Kier molecular flexibility index (Phi) is 3.68. The molecule has 0 saturated carbocycles. The quantitative estimate of drug-likeness (QED) is 0.707. The molecule has 3 aliphatic rings. The second-order valence-corrected chi connectivity index (χ2v) is 7.31. The number of aromatic amines is 1. The number of rotatable bonds is 3. The summed E-state index contributed by atoms with van der Waals surface area (Å²) in [6, 6.07) is 5.88. The molecule has 0 atom stereocenters. The van der Waals surface area contributed by atoms with Gasteiger partial charge in [0.1, 0.15) is 0 Å². The minimum absolute atomic E-state index is 0.00235. The Morgan fingerprint density at radius 3 is 3.22 bits per heavy atom. The van der Waals surface area contributed by atoms with Crippen LogP contribution in [0.25, 0.3) is 10.9 Å². The number of hydrogen-bond acceptors (Lipinski definition) is 7. The van der Waals surface area contributed by atoms with Crippen molar-refractivity contribution in [2.45, 2.75) is 12.8 Å². The lowest BCUT2D eigenvalue weighted by Crippen LogP contribution is -2.23. The Hall–Kier alpha value is -3.20. The number of carbonyl (C=O) groups is 1. The highest BCUT2D eigenvalue weighted by atomic mass is 32.2. The molecule has 0 unspecified atom stereocenters. The number of nitrogens with one attached hydrogen (secondary N) is 2. The van der Waals surface area contributed by atoms with Crippen LogP contribution < -0.4 is 10.5 Å². The van der Waals surface area contributed by atoms with Gasteiger partial charge in [0.25, 0.3) is 0 Å². The van der Waals surface area contributed by atoms with Gasteiger partial charge in [0.2, 0.25) is 5.91 Å². The van der Waals surface area contributed by atoms with E-state index in [1.807, 2.05) is 47.1 Å². The summed E-state index contributed by atoms with van der Waals surface area (Å²) in [6.07, 6.45) is 8.91. The number of nitrogens with two attached hydrogens (primary N) is 1. The summed E-state index contributed by atoms with van der Waals surface area (Å²) >= 11 is 1.50. The Morgan fingerprint density at radius 1 is 1.37 bits per heavy atom. The SMILES string of the molecule is Nc1n[nH]c2ccc(C3=NN(C(=O)CC4=CC5=CNSN5C=C4)CC3)cc12. The molecular formula is C18H17N7OS. The number of carbonyl (C=O) groups excluding carboxylic acids is 1. The molecule has 0 spiro atoms. The van der Waals surface area contributed by atoms with E-state index in [9.17, 15) is 4.79 Å². The number of nitrogen functional groups attached to an aromatic ring is 1. The fourth-order valence-electron chi connectivity index (χ4n) is 3.31. The normalized spacial score (nSPS) is 18.3. The predicted octanol–water partition coefficient (Wildman–Crippen LogP) is 2.24. The summed E-state index contributed by atoms with van der Waals surface area (Å²) < 4.78 is 5.10. The maximum absolute atomic E-state index is 12.7. The van der Waals surface area contributed by atoms with E-state index in [0.29, 0.717) is 18.8 Å². The van der Waals surface area contributed by atoms with Gasteiger partial charge in [0.15, 0.2) is 5.82 Å². The molecule has 0 saturated heterocycles. The molecule has 9 heteroatoms. The molecule has 0 aliphatic carbocycles. The molecule has 1 amide bonds. The molecule has 1 aromatic heterocycles. The second kappa shape index (κ2) is 6.20. The van der Waals surface area contributed by atoms with Gasteiger partial charge in [-0.1, -0.05) is 6.07 Å². The van der Waals surface area contributed by atoms with Crippen LogP contribution in [0, 0.1) is 0 Å². The number of benzene rings is 1. The van der Waals surface area contributed by atoms with Crippen molar-refractivity contribution < 1.29 is 4.79 Å². The molecule has 4 heterocycles. The maximum atomic E-state index is 12.7. The lowest BCUT2D eigenvalue weighted by molar-refractivity contribution is -0.129. The first-order chi connectivity index (χ1) is 13.2. The molecular weight excluding hydrogens is 362 g/mol. The van der Waals surface area contributed by atoms with Crippen LogP contribution >= 0.6 is 12.1 Å². The number of fused-ring (bicyclic) bond motifs is 2. The Bertz CT molecular complexity index is 1060. The average molecular weight is 379 g/mol. The average Bonchev–Trinajstić information content (AvgIpc) is 3.41. The van der Waals surface area contributed by atoms with Crippen LogP contribution in [0.3, 0.4) is 0 Å². The van der Waals surface area contributed by atoms with Gasteiger partial charge >= 0.3 is 0 Å². The first-order valence-electron chi connectivity index (χ1n) is 8.60. The second-order valence-electron chi connectivity index (χ2n) is 6.50. The highest BCUT2D eigenvalue weighted by molar-refractivity contribution is 7.95. The molecule has 2 aromatic rings. The van der Waals surface area contributed by atoms with Gasteiger partial charge in [-0.25, -0.2) is 5.01 Å². The van der Waals surface area contributed by atoms with Crippen molar-refractivity contribution in [3.63, 3.8) is 0 Å². The number of H-pyrrole nitrogens is 1. The summed E-state index contributed by atoms with van der Waals surface area (Å²) in [4.78, 5) is 12.7. The third-order valence-corrected chi connectivity index (χ3v) is 5.49. The van der Waals surface area contributed by atoms with Crippen molar-refractivity contribution in [2.75, 3.05) is 12.3 Å². The van der Waals surface area contributed by atoms with Gasteiger partial charge < -0.3 is 10.5 Å². The van der Waals surface area contributed by atoms with Crippen LogP contribution in [-0.2, 0) is 4.79 Å². The molecule has 8 nitrogen and oxygen atoms in total. The van der Waals surface area contributed by atoms with E-state index in [2.05, 4.69) is 20.0 Å². The predicted molar refractivity (Wildman–Crippen MR) is 106 cm³/mol. The van der Waals surface area contributed by atoms with E-state index >= 15 is 0 Å². The topological polar surface area (TPSA) is 103 Å². The van der Waals surface area contributed by atoms with E-state index in [0.717, 1.165) is 39.9 Å². The molecule has 136 valence electrons. The number of amides is 1. The van der Waals surface area contributed by atoms with E-state index in [1.165, 1.54) is 12.1 Å². The van der Waals surface area contributed by atoms with E-state index in [-0.39, 0.29) is 5.91 Å². The van der Waals surface area contributed by atoms with Crippen LogP contribution in [0.4, 0.5) is 5.82 Å². The summed E-state index contributed by atoms with van der Waals surface area (Å²) in [7, 11) is 0. The Morgan fingerprint density at radius 2 is 2.30 bits per heavy atom. The zero-order valence-electron chi connectivity index (χ0n) is 14.3. The zero-order valence-corrected chi connectivity index (χ0v) is 15.2. The van der Waals surface area contributed by atoms with Gasteiger partial charge in [-0.15, -0.1) is 0 Å². The van der Waals surface area contributed by atoms with Gasteiger partial charge in [0.05, 0.1) is 42.0 Å². The first-order valence-corrected chi connectivity index (χ1v) is 9.37. The van der Waals surface area contributed by atoms with Gasteiger partial charge in [-0.3, -0.25) is 14.2 Å². The van der Waals surface area contributed by atoms with Crippen LogP contribution in [0.5, 0.6) is 0 Å². The molecule has 0 radical (unpaired) electrons. The van der Waals surface area contributed by atoms with Crippen molar-refractivity contribution >= 4 is 40.5 Å². The van der Waals surface area contributed by atoms with Crippen LogP contribution in [0.1, 0.15) is 18.4 Å². The highest BCUT2D eigenvalue weighted by Gasteiger charge is 2.24.